The summed E-state index contributed by atoms with van der Waals surface area (Å²) in [7, 11) is 0. The molecule has 0 spiro atoms. The molecule has 4 aromatic rings. The molecule has 3 nitrogen and oxygen atoms in total. The van der Waals surface area contributed by atoms with E-state index in [2.05, 4.69) is 28.5 Å². The van der Waals surface area contributed by atoms with Gasteiger partial charge in [0.1, 0.15) is 17.2 Å². The highest BCUT2D eigenvalue weighted by Crippen LogP contribution is 2.35. The number of rotatable bonds is 2. The Morgan fingerprint density at radius 3 is 2.76 bits per heavy atom. The largest absolute Gasteiger partial charge is 0.461 e. The normalized spacial score (nSPS) is 16.0. The maximum Gasteiger partial charge on any atom is 0.134 e. The minimum Gasteiger partial charge on any atom is -0.461 e. The van der Waals surface area contributed by atoms with Crippen LogP contribution in [0.5, 0.6) is 0 Å². The molecule has 126 valence electrons. The second kappa shape index (κ2) is 5.74. The maximum absolute atomic E-state index is 13.4. The van der Waals surface area contributed by atoms with E-state index in [4.69, 9.17) is 4.42 Å². The summed E-state index contributed by atoms with van der Waals surface area (Å²) in [5.41, 5.74) is 3.95. The number of furan rings is 1. The van der Waals surface area contributed by atoms with Gasteiger partial charge in [-0.1, -0.05) is 6.07 Å². The maximum atomic E-state index is 13.4. The van der Waals surface area contributed by atoms with Gasteiger partial charge in [-0.15, -0.1) is 0 Å². The molecule has 2 aromatic heterocycles. The van der Waals surface area contributed by atoms with Crippen molar-refractivity contribution in [2.75, 3.05) is 13.1 Å². The molecule has 1 saturated heterocycles. The van der Waals surface area contributed by atoms with Crippen LogP contribution in [0.15, 0.2) is 53.1 Å². The minimum absolute atomic E-state index is 0.224. The molecule has 1 fully saturated rings. The molecule has 0 unspecified atom stereocenters. The third-order valence-corrected chi connectivity index (χ3v) is 5.23. The molecule has 0 bridgehead atoms. The Hall–Kier alpha value is -2.59. The average molecular weight is 334 g/mol. The average Bonchev–Trinajstić information content (AvgIpc) is 3.25. The van der Waals surface area contributed by atoms with E-state index < -0.39 is 0 Å². The number of benzene rings is 2. The Balaban J connectivity index is 1.57. The first-order valence-corrected chi connectivity index (χ1v) is 8.79. The van der Waals surface area contributed by atoms with Crippen LogP contribution >= 0.6 is 0 Å². The van der Waals surface area contributed by atoms with Gasteiger partial charge in [-0.3, -0.25) is 0 Å². The van der Waals surface area contributed by atoms with Gasteiger partial charge in [0.25, 0.3) is 0 Å². The fourth-order valence-corrected chi connectivity index (χ4v) is 3.88. The Bertz CT molecular complexity index is 1060. The Labute approximate surface area is 144 Å². The van der Waals surface area contributed by atoms with Gasteiger partial charge in [0, 0.05) is 34.0 Å². The second-order valence-corrected chi connectivity index (χ2v) is 6.82. The summed E-state index contributed by atoms with van der Waals surface area (Å²) in [6.07, 6.45) is 4.19. The number of halogens is 1. The van der Waals surface area contributed by atoms with Gasteiger partial charge in [0.15, 0.2) is 0 Å². The highest BCUT2D eigenvalue weighted by Gasteiger charge is 2.19. The molecule has 0 saturated carbocycles. The molecule has 1 aliphatic heterocycles. The molecule has 25 heavy (non-hydrogen) atoms. The van der Waals surface area contributed by atoms with E-state index in [1.165, 1.54) is 12.1 Å². The highest BCUT2D eigenvalue weighted by molar-refractivity contribution is 5.97. The minimum atomic E-state index is -0.224. The van der Waals surface area contributed by atoms with E-state index in [-0.39, 0.29) is 5.82 Å². The second-order valence-electron chi connectivity index (χ2n) is 6.82. The van der Waals surface area contributed by atoms with Gasteiger partial charge in [0.05, 0.1) is 0 Å². The van der Waals surface area contributed by atoms with Crippen LogP contribution in [0.4, 0.5) is 4.39 Å². The molecule has 0 radical (unpaired) electrons. The van der Waals surface area contributed by atoms with Crippen LogP contribution in [0.1, 0.15) is 24.5 Å². The van der Waals surface area contributed by atoms with Crippen LogP contribution in [-0.2, 0) is 0 Å². The first-order valence-electron chi connectivity index (χ1n) is 8.79. The van der Waals surface area contributed by atoms with Crippen molar-refractivity contribution in [2.24, 2.45) is 0 Å². The number of piperidine rings is 1. The summed E-state index contributed by atoms with van der Waals surface area (Å²) in [4.78, 5) is 3.16. The first-order chi connectivity index (χ1) is 12.3. The highest BCUT2D eigenvalue weighted by atomic mass is 19.1. The summed E-state index contributed by atoms with van der Waals surface area (Å²) in [5, 5.41) is 5.55. The lowest BCUT2D eigenvalue weighted by Gasteiger charge is -2.20. The van der Waals surface area contributed by atoms with Crippen molar-refractivity contribution < 1.29 is 8.81 Å². The van der Waals surface area contributed by atoms with Crippen molar-refractivity contribution in [1.29, 1.82) is 0 Å². The Morgan fingerprint density at radius 2 is 1.88 bits per heavy atom. The SMILES string of the molecule is Fc1ccc2c(-c3ccc4oc(C5CCNCC5)cc4c3)c[nH]c2c1. The number of hydrogen-bond acceptors (Lipinski definition) is 2. The molecule has 0 atom stereocenters. The molecule has 5 rings (SSSR count). The van der Waals surface area contributed by atoms with E-state index in [0.717, 1.165) is 64.7 Å². The molecule has 1 aliphatic rings. The topological polar surface area (TPSA) is 41.0 Å². The summed E-state index contributed by atoms with van der Waals surface area (Å²) < 4.78 is 19.5. The fourth-order valence-electron chi connectivity index (χ4n) is 3.88. The van der Waals surface area contributed by atoms with Gasteiger partial charge in [-0.05, 0) is 67.9 Å². The molecule has 2 N–H and O–H groups in total. The van der Waals surface area contributed by atoms with Crippen LogP contribution < -0.4 is 5.32 Å². The van der Waals surface area contributed by atoms with Gasteiger partial charge in [-0.2, -0.15) is 0 Å². The van der Waals surface area contributed by atoms with E-state index >= 15 is 0 Å². The Kier molecular flexibility index (Phi) is 3.38. The van der Waals surface area contributed by atoms with Crippen molar-refractivity contribution in [1.82, 2.24) is 10.3 Å². The van der Waals surface area contributed by atoms with E-state index in [1.807, 2.05) is 18.3 Å². The van der Waals surface area contributed by atoms with Crippen LogP contribution in [-0.4, -0.2) is 18.1 Å². The van der Waals surface area contributed by atoms with Crippen molar-refractivity contribution in [3.63, 3.8) is 0 Å². The van der Waals surface area contributed by atoms with Crippen LogP contribution in [0.2, 0.25) is 0 Å². The quantitative estimate of drug-likeness (QED) is 0.530. The summed E-state index contributed by atoms with van der Waals surface area (Å²) in [6.45, 7) is 2.11. The van der Waals surface area contributed by atoms with Crippen LogP contribution in [0, 0.1) is 5.82 Å². The molecule has 4 heteroatoms. The smallest absolute Gasteiger partial charge is 0.134 e. The molecule has 0 amide bonds. The van der Waals surface area contributed by atoms with Crippen LogP contribution in [0.25, 0.3) is 33.0 Å². The van der Waals surface area contributed by atoms with Gasteiger partial charge < -0.3 is 14.7 Å². The zero-order valence-electron chi connectivity index (χ0n) is 13.8. The standard InChI is InChI=1S/C21H19FN2O/c22-16-2-3-17-18(12-24-19(17)11-16)14-1-4-20-15(9-14)10-21(25-20)13-5-7-23-8-6-13/h1-4,9-13,23-24H,5-8H2. The lowest BCUT2D eigenvalue weighted by atomic mass is 9.95. The summed E-state index contributed by atoms with van der Waals surface area (Å²) in [6, 6.07) is 13.3. The van der Waals surface area contributed by atoms with E-state index in [1.54, 1.807) is 0 Å². The number of hydrogen-bond donors (Lipinski definition) is 2. The van der Waals surface area contributed by atoms with Crippen molar-refractivity contribution in [3.05, 3.63) is 60.2 Å². The number of nitrogens with one attached hydrogen (secondary N) is 2. The third-order valence-electron chi connectivity index (χ3n) is 5.23. The van der Waals surface area contributed by atoms with E-state index in [9.17, 15) is 4.39 Å². The number of aromatic nitrogens is 1. The zero-order valence-corrected chi connectivity index (χ0v) is 13.8. The Morgan fingerprint density at radius 1 is 1.00 bits per heavy atom. The summed E-state index contributed by atoms with van der Waals surface area (Å²) >= 11 is 0. The first kappa shape index (κ1) is 14.7. The molecule has 2 aromatic carbocycles. The number of fused-ring (bicyclic) bond motifs is 2. The predicted octanol–water partition coefficient (Wildman–Crippen LogP) is 5.19. The zero-order chi connectivity index (χ0) is 16.8. The van der Waals surface area contributed by atoms with E-state index in [0.29, 0.717) is 5.92 Å². The lowest BCUT2D eigenvalue weighted by Crippen LogP contribution is -2.26. The van der Waals surface area contributed by atoms with Crippen molar-refractivity contribution in [2.45, 2.75) is 18.8 Å². The third kappa shape index (κ3) is 2.53. The van der Waals surface area contributed by atoms with Gasteiger partial charge in [-0.25, -0.2) is 4.39 Å². The number of aromatic amines is 1. The molecule has 3 heterocycles. The van der Waals surface area contributed by atoms with Gasteiger partial charge in [0.2, 0.25) is 0 Å². The van der Waals surface area contributed by atoms with Crippen LogP contribution in [0.3, 0.4) is 0 Å². The van der Waals surface area contributed by atoms with Crippen molar-refractivity contribution >= 4 is 21.9 Å². The molecular weight excluding hydrogens is 315 g/mol. The number of H-pyrrole nitrogens is 1. The van der Waals surface area contributed by atoms with Crippen molar-refractivity contribution in [3.8, 4) is 11.1 Å². The molecule has 0 aliphatic carbocycles. The summed E-state index contributed by atoms with van der Waals surface area (Å²) in [5.74, 6) is 1.38. The monoisotopic (exact) mass is 334 g/mol. The lowest BCUT2D eigenvalue weighted by molar-refractivity contribution is 0.397. The molecular formula is C21H19FN2O. The fraction of sp³-hybridized carbons (Fsp3) is 0.238. The predicted molar refractivity (Wildman–Crippen MR) is 98.3 cm³/mol. The van der Waals surface area contributed by atoms with Gasteiger partial charge >= 0.3 is 0 Å².